The van der Waals surface area contributed by atoms with Crippen LogP contribution in [0, 0.1) is 11.5 Å². The van der Waals surface area contributed by atoms with Gasteiger partial charge in [0.05, 0.1) is 6.61 Å². The molecule has 6 nitrogen and oxygen atoms in total. The van der Waals surface area contributed by atoms with Gasteiger partial charge < -0.3 is 14.4 Å². The fourth-order valence-corrected chi connectivity index (χ4v) is 3.00. The highest BCUT2D eigenvalue weighted by Gasteiger charge is 2.12. The van der Waals surface area contributed by atoms with Crippen molar-refractivity contribution in [3.8, 4) is 6.19 Å². The van der Waals surface area contributed by atoms with E-state index in [1.165, 1.54) is 6.92 Å². The lowest BCUT2D eigenvalue weighted by Crippen LogP contribution is -2.23. The van der Waals surface area contributed by atoms with Crippen molar-refractivity contribution in [2.75, 3.05) is 19.7 Å². The van der Waals surface area contributed by atoms with Crippen LogP contribution in [0.4, 0.5) is 0 Å². The molecular formula is C21H38N2O4. The minimum absolute atomic E-state index is 0.0301. The number of carbonyl (C=O) groups is 2. The molecule has 0 spiro atoms. The Bertz CT molecular complexity index is 434. The normalized spacial score (nSPS) is 11.5. The average Bonchev–Trinajstić information content (AvgIpc) is 2.62. The Balaban J connectivity index is 3.89. The second-order valence-corrected chi connectivity index (χ2v) is 6.93. The van der Waals surface area contributed by atoms with Crippen molar-refractivity contribution in [3.05, 3.63) is 0 Å². The van der Waals surface area contributed by atoms with Gasteiger partial charge in [-0.2, -0.15) is 5.26 Å². The van der Waals surface area contributed by atoms with E-state index in [0.717, 1.165) is 70.8 Å². The smallest absolute Gasteiger partial charge is 0.305 e. The summed E-state index contributed by atoms with van der Waals surface area (Å²) in [5, 5.41) is 9.27. The summed E-state index contributed by atoms with van der Waals surface area (Å²) in [4.78, 5) is 24.3. The summed E-state index contributed by atoms with van der Waals surface area (Å²) in [6.07, 6.45) is 12.4. The molecule has 1 atom stereocenters. The van der Waals surface area contributed by atoms with Gasteiger partial charge >= 0.3 is 11.9 Å². The van der Waals surface area contributed by atoms with Gasteiger partial charge in [0.2, 0.25) is 0 Å². The third-order valence-electron chi connectivity index (χ3n) is 4.42. The van der Waals surface area contributed by atoms with Crippen molar-refractivity contribution in [1.29, 1.82) is 5.26 Å². The molecule has 0 aromatic rings. The van der Waals surface area contributed by atoms with Gasteiger partial charge in [0.1, 0.15) is 6.10 Å². The van der Waals surface area contributed by atoms with Crippen LogP contribution >= 0.6 is 0 Å². The molecule has 0 heterocycles. The van der Waals surface area contributed by atoms with Gasteiger partial charge in [0, 0.05) is 26.4 Å². The minimum Gasteiger partial charge on any atom is -0.466 e. The summed E-state index contributed by atoms with van der Waals surface area (Å²) < 4.78 is 10.3. The first-order valence-corrected chi connectivity index (χ1v) is 10.5. The molecule has 0 amide bonds. The first-order chi connectivity index (χ1) is 13.0. The molecule has 0 fully saturated rings. The van der Waals surface area contributed by atoms with Crippen LogP contribution in [0.25, 0.3) is 0 Å². The molecule has 0 aliphatic heterocycles. The molecule has 156 valence electrons. The van der Waals surface area contributed by atoms with Gasteiger partial charge in [-0.15, -0.1) is 0 Å². The number of nitriles is 1. The molecule has 0 rings (SSSR count). The Morgan fingerprint density at radius 1 is 0.963 bits per heavy atom. The van der Waals surface area contributed by atoms with Crippen LogP contribution in [0.5, 0.6) is 0 Å². The first kappa shape index (κ1) is 25.2. The summed E-state index contributed by atoms with van der Waals surface area (Å²) >= 11 is 0. The molecule has 0 saturated heterocycles. The fourth-order valence-electron chi connectivity index (χ4n) is 3.00. The lowest BCUT2D eigenvalue weighted by molar-refractivity contribution is -0.147. The first-order valence-electron chi connectivity index (χ1n) is 10.5. The zero-order valence-corrected chi connectivity index (χ0v) is 17.5. The van der Waals surface area contributed by atoms with E-state index in [1.54, 1.807) is 4.90 Å². The van der Waals surface area contributed by atoms with Gasteiger partial charge in [-0.3, -0.25) is 9.59 Å². The minimum atomic E-state index is -0.226. The largest absolute Gasteiger partial charge is 0.466 e. The lowest BCUT2D eigenvalue weighted by Gasteiger charge is -2.19. The maximum Gasteiger partial charge on any atom is 0.305 e. The Morgan fingerprint density at radius 2 is 1.63 bits per heavy atom. The number of nitrogens with zero attached hydrogens (tertiary/aromatic N) is 2. The maximum absolute atomic E-state index is 11.2. The Kier molecular flexibility index (Phi) is 16.5. The van der Waals surface area contributed by atoms with Crippen molar-refractivity contribution in [2.45, 2.75) is 97.5 Å². The van der Waals surface area contributed by atoms with Crippen molar-refractivity contribution in [2.24, 2.45) is 0 Å². The van der Waals surface area contributed by atoms with Crippen LogP contribution in [-0.2, 0) is 19.1 Å². The van der Waals surface area contributed by atoms with E-state index in [9.17, 15) is 14.9 Å². The molecule has 0 saturated carbocycles. The Hall–Kier alpha value is -1.77. The van der Waals surface area contributed by atoms with Crippen molar-refractivity contribution < 1.29 is 19.1 Å². The highest BCUT2D eigenvalue weighted by atomic mass is 16.5. The molecule has 0 bridgehead atoms. The van der Waals surface area contributed by atoms with E-state index in [4.69, 9.17) is 9.47 Å². The third kappa shape index (κ3) is 16.1. The van der Waals surface area contributed by atoms with Crippen LogP contribution in [0.3, 0.4) is 0 Å². The van der Waals surface area contributed by atoms with E-state index in [0.29, 0.717) is 19.6 Å². The van der Waals surface area contributed by atoms with Crippen LogP contribution in [0.2, 0.25) is 0 Å². The number of carbonyl (C=O) groups excluding carboxylic acids is 2. The van der Waals surface area contributed by atoms with Gasteiger partial charge in [-0.05, 0) is 45.4 Å². The Labute approximate surface area is 165 Å². The fraction of sp³-hybridized carbons (Fsp3) is 0.857. The molecule has 1 unspecified atom stereocenters. The van der Waals surface area contributed by atoms with Gasteiger partial charge in [0.25, 0.3) is 0 Å². The predicted molar refractivity (Wildman–Crippen MR) is 106 cm³/mol. The number of esters is 2. The molecule has 0 N–H and O–H groups in total. The van der Waals surface area contributed by atoms with Crippen LogP contribution in [-0.4, -0.2) is 42.6 Å². The van der Waals surface area contributed by atoms with E-state index in [1.807, 2.05) is 6.92 Å². The lowest BCUT2D eigenvalue weighted by atomic mass is 10.1. The summed E-state index contributed by atoms with van der Waals surface area (Å²) in [5.74, 6) is -0.353. The standard InChI is InChI=1S/C21H38N2O4/c1-4-6-9-13-20(27-19(3)24)14-12-17-23(18-22)16-11-8-7-10-15-21(25)26-5-2/h20H,4-17H2,1-3H3. The summed E-state index contributed by atoms with van der Waals surface area (Å²) in [5.41, 5.74) is 0. The summed E-state index contributed by atoms with van der Waals surface area (Å²) in [7, 11) is 0. The van der Waals surface area contributed by atoms with E-state index < -0.39 is 0 Å². The van der Waals surface area contributed by atoms with E-state index >= 15 is 0 Å². The van der Waals surface area contributed by atoms with Gasteiger partial charge in [0.15, 0.2) is 6.19 Å². The Morgan fingerprint density at radius 3 is 2.26 bits per heavy atom. The van der Waals surface area contributed by atoms with Gasteiger partial charge in [-0.25, -0.2) is 0 Å². The topological polar surface area (TPSA) is 79.6 Å². The highest BCUT2D eigenvalue weighted by Crippen LogP contribution is 2.13. The maximum atomic E-state index is 11.2. The summed E-state index contributed by atoms with van der Waals surface area (Å²) in [6.45, 7) is 7.30. The van der Waals surface area contributed by atoms with Crippen LogP contribution < -0.4 is 0 Å². The molecular weight excluding hydrogens is 344 g/mol. The van der Waals surface area contributed by atoms with Crippen LogP contribution in [0.15, 0.2) is 0 Å². The highest BCUT2D eigenvalue weighted by molar-refractivity contribution is 5.69. The van der Waals surface area contributed by atoms with Crippen molar-refractivity contribution in [1.82, 2.24) is 4.90 Å². The number of hydrogen-bond acceptors (Lipinski definition) is 6. The zero-order valence-electron chi connectivity index (χ0n) is 17.5. The second-order valence-electron chi connectivity index (χ2n) is 6.93. The molecule has 27 heavy (non-hydrogen) atoms. The molecule has 6 heteroatoms. The third-order valence-corrected chi connectivity index (χ3v) is 4.42. The molecule has 0 aliphatic rings. The summed E-state index contributed by atoms with van der Waals surface area (Å²) in [6, 6.07) is 0. The SMILES string of the molecule is CCCCCC(CCCN(C#N)CCCCCCC(=O)OCC)OC(C)=O. The van der Waals surface area contributed by atoms with Crippen molar-refractivity contribution in [3.63, 3.8) is 0 Å². The quantitative estimate of drug-likeness (QED) is 0.159. The number of ether oxygens (including phenoxy) is 2. The second kappa shape index (κ2) is 17.6. The monoisotopic (exact) mass is 382 g/mol. The molecule has 0 aromatic heterocycles. The van der Waals surface area contributed by atoms with Gasteiger partial charge in [-0.1, -0.05) is 32.6 Å². The van der Waals surface area contributed by atoms with E-state index in [2.05, 4.69) is 13.1 Å². The average molecular weight is 383 g/mol. The number of hydrogen-bond donors (Lipinski definition) is 0. The number of rotatable bonds is 17. The molecule has 0 aliphatic carbocycles. The molecule has 0 aromatic carbocycles. The number of unbranched alkanes of at least 4 members (excludes halogenated alkanes) is 5. The van der Waals surface area contributed by atoms with Crippen molar-refractivity contribution >= 4 is 11.9 Å². The zero-order chi connectivity index (χ0) is 20.3. The molecule has 0 radical (unpaired) electrons. The van der Waals surface area contributed by atoms with E-state index in [-0.39, 0.29) is 18.0 Å². The van der Waals surface area contributed by atoms with Crippen LogP contribution in [0.1, 0.15) is 91.4 Å². The predicted octanol–water partition coefficient (Wildman–Crippen LogP) is 4.58.